The molecule has 23 heavy (non-hydrogen) atoms. The van der Waals surface area contributed by atoms with Crippen LogP contribution in [0.15, 0.2) is 29.1 Å². The molecule has 126 valence electrons. The molecule has 0 unspecified atom stereocenters. The molecule has 0 saturated heterocycles. The lowest BCUT2D eigenvalue weighted by atomic mass is 10.00. The first-order valence-electron chi connectivity index (χ1n) is 8.02. The molecule has 0 aliphatic rings. The second-order valence-corrected chi connectivity index (χ2v) is 6.84. The molecule has 0 bridgehead atoms. The monoisotopic (exact) mass is 320 g/mol. The third-order valence-electron chi connectivity index (χ3n) is 3.91. The first-order valence-corrected chi connectivity index (χ1v) is 8.02. The standard InChI is InChI=1S/C18H25FN2O2/c1-12(5-4-8-18(2,3)23)20-11-14-10-17(22)15-9-13(19)6-7-16(15)21-14/h6-7,9-10,12,20,23H,4-5,8,11H2,1-3H3,(H,21,22)/t12-/m1/s1. The highest BCUT2D eigenvalue weighted by Crippen LogP contribution is 2.14. The van der Waals surface area contributed by atoms with E-state index in [9.17, 15) is 14.3 Å². The van der Waals surface area contributed by atoms with E-state index in [0.717, 1.165) is 25.0 Å². The van der Waals surface area contributed by atoms with Crippen LogP contribution in [0.5, 0.6) is 0 Å². The van der Waals surface area contributed by atoms with Gasteiger partial charge in [0.25, 0.3) is 0 Å². The third kappa shape index (κ3) is 5.44. The van der Waals surface area contributed by atoms with Crippen molar-refractivity contribution >= 4 is 10.9 Å². The Morgan fingerprint density at radius 2 is 2.09 bits per heavy atom. The predicted molar refractivity (Wildman–Crippen MR) is 91.0 cm³/mol. The van der Waals surface area contributed by atoms with E-state index in [-0.39, 0.29) is 11.5 Å². The fraction of sp³-hybridized carbons (Fsp3) is 0.500. The van der Waals surface area contributed by atoms with Crippen LogP contribution in [0.3, 0.4) is 0 Å². The van der Waals surface area contributed by atoms with E-state index in [1.54, 1.807) is 6.07 Å². The van der Waals surface area contributed by atoms with Gasteiger partial charge in [-0.15, -0.1) is 0 Å². The van der Waals surface area contributed by atoms with Crippen molar-refractivity contribution in [1.82, 2.24) is 10.3 Å². The number of rotatable bonds is 7. The number of aromatic nitrogens is 1. The van der Waals surface area contributed by atoms with Crippen LogP contribution in [-0.4, -0.2) is 21.7 Å². The molecule has 4 nitrogen and oxygen atoms in total. The van der Waals surface area contributed by atoms with Gasteiger partial charge in [-0.2, -0.15) is 0 Å². The van der Waals surface area contributed by atoms with Crippen LogP contribution in [0.25, 0.3) is 10.9 Å². The van der Waals surface area contributed by atoms with Crippen molar-refractivity contribution < 1.29 is 9.50 Å². The summed E-state index contributed by atoms with van der Waals surface area (Å²) >= 11 is 0. The van der Waals surface area contributed by atoms with E-state index in [1.165, 1.54) is 18.2 Å². The molecule has 1 aromatic carbocycles. The van der Waals surface area contributed by atoms with Gasteiger partial charge >= 0.3 is 0 Å². The minimum atomic E-state index is -0.626. The molecule has 0 amide bonds. The van der Waals surface area contributed by atoms with Gasteiger partial charge in [0.15, 0.2) is 5.43 Å². The molecule has 0 fully saturated rings. The molecular weight excluding hydrogens is 295 g/mol. The third-order valence-corrected chi connectivity index (χ3v) is 3.91. The fourth-order valence-corrected chi connectivity index (χ4v) is 2.60. The lowest BCUT2D eigenvalue weighted by Gasteiger charge is -2.19. The smallest absolute Gasteiger partial charge is 0.189 e. The fourth-order valence-electron chi connectivity index (χ4n) is 2.60. The molecule has 3 N–H and O–H groups in total. The van der Waals surface area contributed by atoms with Gasteiger partial charge in [0.2, 0.25) is 0 Å². The number of H-pyrrole nitrogens is 1. The van der Waals surface area contributed by atoms with E-state index in [1.807, 2.05) is 13.8 Å². The van der Waals surface area contributed by atoms with Crippen molar-refractivity contribution in [3.63, 3.8) is 0 Å². The minimum Gasteiger partial charge on any atom is -0.390 e. The zero-order chi connectivity index (χ0) is 17.0. The lowest BCUT2D eigenvalue weighted by molar-refractivity contribution is 0.0675. The summed E-state index contributed by atoms with van der Waals surface area (Å²) < 4.78 is 13.2. The molecule has 2 rings (SSSR count). The van der Waals surface area contributed by atoms with Crippen LogP contribution in [0.1, 0.15) is 45.7 Å². The van der Waals surface area contributed by atoms with E-state index < -0.39 is 11.4 Å². The van der Waals surface area contributed by atoms with Crippen LogP contribution in [-0.2, 0) is 6.54 Å². The molecular formula is C18H25FN2O2. The molecule has 0 aliphatic carbocycles. The maximum Gasteiger partial charge on any atom is 0.189 e. The summed E-state index contributed by atoms with van der Waals surface area (Å²) in [5.41, 5.74) is 0.622. The minimum absolute atomic E-state index is 0.176. The zero-order valence-corrected chi connectivity index (χ0v) is 13.9. The molecule has 5 heteroatoms. The van der Waals surface area contributed by atoms with E-state index in [2.05, 4.69) is 17.2 Å². The predicted octanol–water partition coefficient (Wildman–Crippen LogP) is 3.09. The SMILES string of the molecule is C[C@H](CCCC(C)(C)O)NCc1cc(=O)c2cc(F)ccc2[nH]1. The van der Waals surface area contributed by atoms with E-state index in [4.69, 9.17) is 0 Å². The van der Waals surface area contributed by atoms with Crippen LogP contribution < -0.4 is 10.7 Å². The molecule has 1 atom stereocenters. The van der Waals surface area contributed by atoms with Gasteiger partial charge < -0.3 is 15.4 Å². The van der Waals surface area contributed by atoms with Gasteiger partial charge in [0.05, 0.1) is 5.60 Å². The number of halogens is 1. The normalized spacial score (nSPS) is 13.4. The highest BCUT2D eigenvalue weighted by molar-refractivity contribution is 5.78. The summed E-state index contributed by atoms with van der Waals surface area (Å²) in [6, 6.07) is 5.98. The van der Waals surface area contributed by atoms with Gasteiger partial charge in [-0.25, -0.2) is 4.39 Å². The van der Waals surface area contributed by atoms with Crippen molar-refractivity contribution in [3.8, 4) is 0 Å². The van der Waals surface area contributed by atoms with Gasteiger partial charge in [0, 0.05) is 35.2 Å². The summed E-state index contributed by atoms with van der Waals surface area (Å²) in [6.45, 7) is 6.26. The largest absolute Gasteiger partial charge is 0.390 e. The number of hydrogen-bond acceptors (Lipinski definition) is 3. The van der Waals surface area contributed by atoms with E-state index in [0.29, 0.717) is 17.4 Å². The molecule has 0 radical (unpaired) electrons. The van der Waals surface area contributed by atoms with Crippen LogP contribution in [0.4, 0.5) is 4.39 Å². The molecule has 0 spiro atoms. The maximum atomic E-state index is 13.2. The number of aliphatic hydroxyl groups is 1. The summed E-state index contributed by atoms with van der Waals surface area (Å²) in [4.78, 5) is 15.2. The number of fused-ring (bicyclic) bond motifs is 1. The molecule has 1 aromatic heterocycles. The highest BCUT2D eigenvalue weighted by atomic mass is 19.1. The quantitative estimate of drug-likeness (QED) is 0.734. The van der Waals surface area contributed by atoms with E-state index >= 15 is 0 Å². The van der Waals surface area contributed by atoms with Crippen molar-refractivity contribution in [2.45, 2.75) is 58.2 Å². The average molecular weight is 320 g/mol. The Kier molecular flexibility index (Phi) is 5.55. The first-order chi connectivity index (χ1) is 10.7. The Labute approximate surface area is 135 Å². The van der Waals surface area contributed by atoms with Crippen molar-refractivity contribution in [3.05, 3.63) is 46.0 Å². The first kappa shape index (κ1) is 17.6. The number of nitrogens with one attached hydrogen (secondary N) is 2. The summed E-state index contributed by atoms with van der Waals surface area (Å²) in [5.74, 6) is -0.408. The Hall–Kier alpha value is -1.72. The van der Waals surface area contributed by atoms with Crippen molar-refractivity contribution in [2.24, 2.45) is 0 Å². The Morgan fingerprint density at radius 3 is 2.78 bits per heavy atom. The second-order valence-electron chi connectivity index (χ2n) is 6.84. The van der Waals surface area contributed by atoms with Crippen molar-refractivity contribution in [1.29, 1.82) is 0 Å². The van der Waals surface area contributed by atoms with Gasteiger partial charge in [-0.1, -0.05) is 0 Å². The molecule has 0 aliphatic heterocycles. The van der Waals surface area contributed by atoms with Gasteiger partial charge in [0.1, 0.15) is 5.82 Å². The molecule has 0 saturated carbocycles. The summed E-state index contributed by atoms with van der Waals surface area (Å²) in [5, 5.41) is 13.4. The number of benzene rings is 1. The topological polar surface area (TPSA) is 65.1 Å². The lowest BCUT2D eigenvalue weighted by Crippen LogP contribution is -2.27. The zero-order valence-electron chi connectivity index (χ0n) is 13.9. The number of hydrogen-bond donors (Lipinski definition) is 3. The Bertz CT molecular complexity index is 719. The Balaban J connectivity index is 1.94. The molecule has 2 aromatic rings. The summed E-state index contributed by atoms with van der Waals surface area (Å²) in [7, 11) is 0. The second kappa shape index (κ2) is 7.23. The maximum absolute atomic E-state index is 13.2. The van der Waals surface area contributed by atoms with Gasteiger partial charge in [-0.05, 0) is 58.2 Å². The average Bonchev–Trinajstić information content (AvgIpc) is 2.44. The Morgan fingerprint density at radius 1 is 1.35 bits per heavy atom. The van der Waals surface area contributed by atoms with Gasteiger partial charge in [-0.3, -0.25) is 4.79 Å². The van der Waals surface area contributed by atoms with Crippen LogP contribution >= 0.6 is 0 Å². The van der Waals surface area contributed by atoms with Crippen molar-refractivity contribution in [2.75, 3.05) is 0 Å². The number of aromatic amines is 1. The highest BCUT2D eigenvalue weighted by Gasteiger charge is 2.12. The van der Waals surface area contributed by atoms with Crippen LogP contribution in [0, 0.1) is 5.82 Å². The summed E-state index contributed by atoms with van der Waals surface area (Å²) in [6.07, 6.45) is 2.65. The van der Waals surface area contributed by atoms with Crippen LogP contribution in [0.2, 0.25) is 0 Å². The number of pyridine rings is 1. The molecule has 1 heterocycles.